The van der Waals surface area contributed by atoms with Crippen LogP contribution in [0.1, 0.15) is 57.2 Å². The Hall–Kier alpha value is -3.04. The van der Waals surface area contributed by atoms with E-state index in [0.717, 1.165) is 46.7 Å². The molecule has 3 aromatic rings. The minimum atomic E-state index is -2.43. The molecular formula is C35H48O5P+. The van der Waals surface area contributed by atoms with Crippen LogP contribution in [0.3, 0.4) is 0 Å². The molecule has 0 fully saturated rings. The highest BCUT2D eigenvalue weighted by atomic mass is 31.2. The van der Waals surface area contributed by atoms with Gasteiger partial charge in [0.05, 0.1) is 65.3 Å². The average Bonchev–Trinajstić information content (AvgIpc) is 2.95. The first kappa shape index (κ1) is 32.5. The molecule has 0 spiro atoms. The average molecular weight is 580 g/mol. The molecule has 41 heavy (non-hydrogen) atoms. The van der Waals surface area contributed by atoms with Gasteiger partial charge in [-0.2, -0.15) is 0 Å². The van der Waals surface area contributed by atoms with E-state index in [1.165, 1.54) is 5.56 Å². The third kappa shape index (κ3) is 8.72. The standard InChI is InChI=1S/C35H48O5P/c1-26(22-35(2,3)4)23-41(34(36)21-20-27-14-10-9-11-15-27,24-28-30(37-5)16-12-17-31(28)38-6)25-29-32(39-7)18-13-19-33(29)40-8/h9-19,26H,20-25H2,1-8H3/q+1. The Labute approximate surface area is 247 Å². The molecule has 222 valence electrons. The maximum absolute atomic E-state index is 14.8. The molecule has 3 aromatic carbocycles. The molecule has 0 aliphatic heterocycles. The summed E-state index contributed by atoms with van der Waals surface area (Å²) >= 11 is 0. The number of carbonyl (C=O) groups is 1. The van der Waals surface area contributed by atoms with Crippen molar-refractivity contribution in [3.8, 4) is 23.0 Å². The Balaban J connectivity index is 2.21. The second-order valence-corrected chi connectivity index (χ2v) is 16.0. The molecule has 0 aliphatic rings. The van der Waals surface area contributed by atoms with Crippen molar-refractivity contribution in [1.82, 2.24) is 0 Å². The van der Waals surface area contributed by atoms with E-state index in [1.54, 1.807) is 28.4 Å². The van der Waals surface area contributed by atoms with Crippen LogP contribution in [0.4, 0.5) is 0 Å². The lowest BCUT2D eigenvalue weighted by molar-refractivity contribution is -0.111. The summed E-state index contributed by atoms with van der Waals surface area (Å²) in [6.45, 7) is 9.11. The van der Waals surface area contributed by atoms with Gasteiger partial charge >= 0.3 is 0 Å². The lowest BCUT2D eigenvalue weighted by Crippen LogP contribution is -2.23. The Morgan fingerprint density at radius 2 is 1.15 bits per heavy atom. The number of carbonyl (C=O) groups excluding carboxylic acids is 1. The van der Waals surface area contributed by atoms with Crippen LogP contribution in [-0.4, -0.2) is 40.1 Å². The van der Waals surface area contributed by atoms with E-state index < -0.39 is 7.26 Å². The second kappa shape index (κ2) is 14.7. The fourth-order valence-electron chi connectivity index (χ4n) is 6.08. The maximum atomic E-state index is 14.8. The van der Waals surface area contributed by atoms with Crippen LogP contribution in [0.2, 0.25) is 0 Å². The number of aryl methyl sites for hydroxylation is 1. The molecule has 0 radical (unpaired) electrons. The van der Waals surface area contributed by atoms with Crippen molar-refractivity contribution in [2.45, 2.75) is 59.3 Å². The Kier molecular flexibility index (Phi) is 11.7. The van der Waals surface area contributed by atoms with Gasteiger partial charge in [-0.1, -0.05) is 70.2 Å². The molecule has 0 saturated carbocycles. The van der Waals surface area contributed by atoms with Crippen molar-refractivity contribution >= 4 is 12.8 Å². The number of hydrogen-bond acceptors (Lipinski definition) is 5. The van der Waals surface area contributed by atoms with Crippen LogP contribution in [0.25, 0.3) is 0 Å². The molecule has 0 heterocycles. The minimum absolute atomic E-state index is 0.145. The number of ether oxygens (including phenoxy) is 4. The van der Waals surface area contributed by atoms with E-state index in [0.29, 0.717) is 36.6 Å². The van der Waals surface area contributed by atoms with Crippen molar-refractivity contribution in [3.63, 3.8) is 0 Å². The highest BCUT2D eigenvalue weighted by Crippen LogP contribution is 2.69. The number of methoxy groups -OCH3 is 4. The van der Waals surface area contributed by atoms with Gasteiger partial charge in [0, 0.05) is 6.42 Å². The molecular weight excluding hydrogens is 531 g/mol. The molecule has 1 atom stereocenters. The fraction of sp³-hybridized carbons (Fsp3) is 0.457. The largest absolute Gasteiger partial charge is 0.496 e. The lowest BCUT2D eigenvalue weighted by Gasteiger charge is -2.32. The summed E-state index contributed by atoms with van der Waals surface area (Å²) in [4.78, 5) is 14.8. The van der Waals surface area contributed by atoms with E-state index >= 15 is 0 Å². The highest BCUT2D eigenvalue weighted by Gasteiger charge is 2.49. The molecule has 3 rings (SSSR count). The zero-order chi connectivity index (χ0) is 30.0. The SMILES string of the molecule is COc1cccc(OC)c1C[P+](Cc1c(OC)cccc1OC)(CC(C)CC(C)(C)C)C(=O)CCc1ccccc1. The second-order valence-electron chi connectivity index (χ2n) is 12.2. The number of benzene rings is 3. The Morgan fingerprint density at radius 3 is 1.54 bits per heavy atom. The summed E-state index contributed by atoms with van der Waals surface area (Å²) < 4.78 is 23.4. The van der Waals surface area contributed by atoms with Gasteiger partial charge in [-0.05, 0) is 54.0 Å². The van der Waals surface area contributed by atoms with Gasteiger partial charge < -0.3 is 18.9 Å². The molecule has 6 heteroatoms. The van der Waals surface area contributed by atoms with E-state index in [9.17, 15) is 4.79 Å². The molecule has 1 unspecified atom stereocenters. The molecule has 0 bridgehead atoms. The smallest absolute Gasteiger partial charge is 0.268 e. The summed E-state index contributed by atoms with van der Waals surface area (Å²) in [5.41, 5.74) is 3.56. The van der Waals surface area contributed by atoms with Crippen molar-refractivity contribution in [3.05, 3.63) is 83.4 Å². The van der Waals surface area contributed by atoms with Crippen LogP contribution in [0.5, 0.6) is 23.0 Å². The first-order chi connectivity index (χ1) is 19.6. The molecule has 5 nitrogen and oxygen atoms in total. The summed E-state index contributed by atoms with van der Waals surface area (Å²) in [7, 11) is 4.30. The van der Waals surface area contributed by atoms with E-state index in [1.807, 2.05) is 54.6 Å². The van der Waals surface area contributed by atoms with Crippen LogP contribution in [0, 0.1) is 11.3 Å². The zero-order valence-corrected chi connectivity index (χ0v) is 27.1. The Bertz CT molecular complexity index is 1160. The first-order valence-corrected chi connectivity index (χ1v) is 16.7. The van der Waals surface area contributed by atoms with Crippen molar-refractivity contribution in [2.24, 2.45) is 11.3 Å². The maximum Gasteiger partial charge on any atom is 0.268 e. The van der Waals surface area contributed by atoms with Gasteiger partial charge in [-0.15, -0.1) is 0 Å². The summed E-state index contributed by atoms with van der Waals surface area (Å²) in [5, 5.41) is 0. The predicted octanol–water partition coefficient (Wildman–Crippen LogP) is 8.67. The lowest BCUT2D eigenvalue weighted by atomic mass is 9.86. The fourth-order valence-corrected chi connectivity index (χ4v) is 10.7. The number of hydrogen-bond donors (Lipinski definition) is 0. The molecule has 0 aromatic heterocycles. The minimum Gasteiger partial charge on any atom is -0.496 e. The number of rotatable bonds is 15. The summed E-state index contributed by atoms with van der Waals surface area (Å²) in [6, 6.07) is 22.0. The highest BCUT2D eigenvalue weighted by molar-refractivity contribution is 7.89. The van der Waals surface area contributed by atoms with Gasteiger partial charge in [0.15, 0.2) is 0 Å². The van der Waals surface area contributed by atoms with Crippen LogP contribution < -0.4 is 18.9 Å². The summed E-state index contributed by atoms with van der Waals surface area (Å²) in [6.07, 6.45) is 4.20. The van der Waals surface area contributed by atoms with Crippen LogP contribution in [-0.2, 0) is 23.5 Å². The monoisotopic (exact) mass is 579 g/mol. The van der Waals surface area contributed by atoms with Crippen LogP contribution in [0.15, 0.2) is 66.7 Å². The summed E-state index contributed by atoms with van der Waals surface area (Å²) in [5.74, 6) is 3.34. The molecule has 0 saturated heterocycles. The molecule has 0 aliphatic carbocycles. The quantitative estimate of drug-likeness (QED) is 0.169. The van der Waals surface area contributed by atoms with E-state index in [-0.39, 0.29) is 5.41 Å². The molecule has 0 amide bonds. The van der Waals surface area contributed by atoms with E-state index in [2.05, 4.69) is 39.8 Å². The van der Waals surface area contributed by atoms with Crippen molar-refractivity contribution in [1.29, 1.82) is 0 Å². The Morgan fingerprint density at radius 1 is 0.707 bits per heavy atom. The van der Waals surface area contributed by atoms with E-state index in [4.69, 9.17) is 18.9 Å². The third-order valence-corrected chi connectivity index (χ3v) is 12.0. The van der Waals surface area contributed by atoms with Gasteiger partial charge in [-0.25, -0.2) is 0 Å². The third-order valence-electron chi connectivity index (χ3n) is 7.60. The van der Waals surface area contributed by atoms with Gasteiger partial charge in [0.25, 0.3) is 5.52 Å². The zero-order valence-electron chi connectivity index (χ0n) is 26.2. The van der Waals surface area contributed by atoms with Crippen molar-refractivity contribution in [2.75, 3.05) is 34.6 Å². The topological polar surface area (TPSA) is 54.0 Å². The predicted molar refractivity (Wildman–Crippen MR) is 171 cm³/mol. The van der Waals surface area contributed by atoms with Gasteiger partial charge in [0.1, 0.15) is 23.0 Å². The van der Waals surface area contributed by atoms with Crippen molar-refractivity contribution < 1.29 is 23.7 Å². The first-order valence-electron chi connectivity index (χ1n) is 14.4. The van der Waals surface area contributed by atoms with Gasteiger partial charge in [0.2, 0.25) is 0 Å². The van der Waals surface area contributed by atoms with Crippen LogP contribution >= 0.6 is 7.26 Å². The van der Waals surface area contributed by atoms with Gasteiger partial charge in [-0.3, -0.25) is 4.79 Å². The molecule has 0 N–H and O–H groups in total. The normalized spacial score (nSPS) is 12.5.